The molecule has 0 aliphatic heterocycles. The summed E-state index contributed by atoms with van der Waals surface area (Å²) in [7, 11) is 0. The van der Waals surface area contributed by atoms with Crippen LogP contribution < -0.4 is 5.32 Å². The van der Waals surface area contributed by atoms with Crippen LogP contribution in [0.4, 0.5) is 11.6 Å². The fourth-order valence-electron chi connectivity index (χ4n) is 1.78. The van der Waals surface area contributed by atoms with E-state index in [0.29, 0.717) is 23.5 Å². The zero-order valence-corrected chi connectivity index (χ0v) is 10.6. The van der Waals surface area contributed by atoms with Crippen molar-refractivity contribution in [3.63, 3.8) is 0 Å². The molecule has 0 radical (unpaired) electrons. The number of hydrogen-bond donors (Lipinski definition) is 2. The molecule has 0 saturated heterocycles. The van der Waals surface area contributed by atoms with Gasteiger partial charge in [-0.2, -0.15) is 0 Å². The molecule has 0 aliphatic rings. The van der Waals surface area contributed by atoms with Gasteiger partial charge in [0.2, 0.25) is 5.95 Å². The molecule has 2 N–H and O–H groups in total. The minimum Gasteiger partial charge on any atom is -0.351 e. The second-order valence-electron chi connectivity index (χ2n) is 3.98. The minimum absolute atomic E-state index is 0.0564. The Morgan fingerprint density at radius 3 is 3.05 bits per heavy atom. The summed E-state index contributed by atoms with van der Waals surface area (Å²) < 4.78 is 0. The van der Waals surface area contributed by atoms with E-state index in [4.69, 9.17) is 0 Å². The molecule has 3 rings (SSSR count). The first-order valence-corrected chi connectivity index (χ1v) is 6.51. The number of non-ortho nitro benzene ring substituents is 1. The van der Waals surface area contributed by atoms with Crippen LogP contribution in [0.3, 0.4) is 0 Å². The van der Waals surface area contributed by atoms with Gasteiger partial charge in [0.15, 0.2) is 0 Å². The van der Waals surface area contributed by atoms with Crippen LogP contribution in [-0.2, 0) is 6.54 Å². The summed E-state index contributed by atoms with van der Waals surface area (Å²) >= 11 is 1.66. The summed E-state index contributed by atoms with van der Waals surface area (Å²) in [5.41, 5.74) is 1.42. The number of aromatic nitrogens is 2. The zero-order chi connectivity index (χ0) is 13.2. The number of imidazole rings is 1. The Morgan fingerprint density at radius 2 is 2.32 bits per heavy atom. The van der Waals surface area contributed by atoms with Crippen LogP contribution >= 0.6 is 11.3 Å². The standard InChI is InChI=1S/C12H10N4O2S/c17-16(18)8-3-4-10-11(6-8)15-12(14-10)13-7-9-2-1-5-19-9/h1-6H,7H2,(H2,13,14,15). The molecule has 7 heteroatoms. The number of anilines is 1. The van der Waals surface area contributed by atoms with Gasteiger partial charge in [-0.05, 0) is 17.5 Å². The molecule has 2 aromatic heterocycles. The fraction of sp³-hybridized carbons (Fsp3) is 0.0833. The Kier molecular flexibility index (Phi) is 2.88. The van der Waals surface area contributed by atoms with Gasteiger partial charge in [0, 0.05) is 17.0 Å². The third-order valence-electron chi connectivity index (χ3n) is 2.69. The largest absolute Gasteiger partial charge is 0.351 e. The second-order valence-corrected chi connectivity index (χ2v) is 5.01. The molecular weight excluding hydrogens is 264 g/mol. The van der Waals surface area contributed by atoms with Crippen LogP contribution in [0.2, 0.25) is 0 Å². The van der Waals surface area contributed by atoms with Crippen molar-refractivity contribution in [3.8, 4) is 0 Å². The van der Waals surface area contributed by atoms with Gasteiger partial charge in [0.05, 0.1) is 22.5 Å². The van der Waals surface area contributed by atoms with Crippen molar-refractivity contribution in [2.45, 2.75) is 6.54 Å². The third-order valence-corrected chi connectivity index (χ3v) is 3.56. The molecule has 0 unspecified atom stereocenters. The van der Waals surface area contributed by atoms with Crippen molar-refractivity contribution in [3.05, 3.63) is 50.7 Å². The predicted octanol–water partition coefficient (Wildman–Crippen LogP) is 3.14. The van der Waals surface area contributed by atoms with Gasteiger partial charge in [-0.15, -0.1) is 11.3 Å². The number of rotatable bonds is 4. The molecule has 0 bridgehead atoms. The molecule has 0 amide bonds. The highest BCUT2D eigenvalue weighted by Gasteiger charge is 2.09. The molecule has 0 aliphatic carbocycles. The van der Waals surface area contributed by atoms with Crippen LogP contribution in [0.25, 0.3) is 11.0 Å². The van der Waals surface area contributed by atoms with Crippen molar-refractivity contribution in [1.82, 2.24) is 9.97 Å². The van der Waals surface area contributed by atoms with Crippen molar-refractivity contribution in [2.75, 3.05) is 5.32 Å². The first-order chi connectivity index (χ1) is 9.22. The van der Waals surface area contributed by atoms with E-state index in [1.54, 1.807) is 17.4 Å². The molecule has 1 aromatic carbocycles. The molecule has 0 atom stereocenters. The van der Waals surface area contributed by atoms with E-state index in [-0.39, 0.29) is 5.69 Å². The van der Waals surface area contributed by atoms with Crippen LogP contribution in [0.5, 0.6) is 0 Å². The van der Waals surface area contributed by atoms with Crippen LogP contribution in [0.15, 0.2) is 35.7 Å². The smallest absolute Gasteiger partial charge is 0.271 e. The van der Waals surface area contributed by atoms with Gasteiger partial charge in [0.25, 0.3) is 5.69 Å². The molecule has 6 nitrogen and oxygen atoms in total. The number of benzene rings is 1. The summed E-state index contributed by atoms with van der Waals surface area (Å²) in [6, 6.07) is 8.60. The van der Waals surface area contributed by atoms with E-state index in [9.17, 15) is 10.1 Å². The van der Waals surface area contributed by atoms with Crippen LogP contribution in [-0.4, -0.2) is 14.9 Å². The maximum atomic E-state index is 10.7. The lowest BCUT2D eigenvalue weighted by Crippen LogP contribution is -1.98. The highest BCUT2D eigenvalue weighted by atomic mass is 32.1. The fourth-order valence-corrected chi connectivity index (χ4v) is 2.42. The number of aromatic amines is 1. The van der Waals surface area contributed by atoms with E-state index < -0.39 is 4.92 Å². The highest BCUT2D eigenvalue weighted by molar-refractivity contribution is 7.09. The van der Waals surface area contributed by atoms with Gasteiger partial charge in [-0.3, -0.25) is 10.1 Å². The quantitative estimate of drug-likeness (QED) is 0.565. The number of nitrogens with one attached hydrogen (secondary N) is 2. The molecule has 0 spiro atoms. The van der Waals surface area contributed by atoms with Gasteiger partial charge in [-0.1, -0.05) is 6.07 Å². The van der Waals surface area contributed by atoms with Crippen molar-refractivity contribution >= 4 is 34.0 Å². The summed E-state index contributed by atoms with van der Waals surface area (Å²) in [5.74, 6) is 0.615. The Labute approximate surface area is 112 Å². The van der Waals surface area contributed by atoms with Gasteiger partial charge in [-0.25, -0.2) is 4.98 Å². The SMILES string of the molecule is O=[N+]([O-])c1ccc2nc(NCc3cccs3)[nH]c2c1. The summed E-state index contributed by atoms with van der Waals surface area (Å²) in [4.78, 5) is 18.8. The average Bonchev–Trinajstić information content (AvgIpc) is 3.04. The number of thiophene rings is 1. The molecule has 2 heterocycles. The Morgan fingerprint density at radius 1 is 1.42 bits per heavy atom. The molecule has 0 fully saturated rings. The lowest BCUT2D eigenvalue weighted by atomic mass is 10.3. The van der Waals surface area contributed by atoms with E-state index >= 15 is 0 Å². The number of nitro benzene ring substituents is 1. The van der Waals surface area contributed by atoms with E-state index in [1.165, 1.54) is 17.0 Å². The summed E-state index contributed by atoms with van der Waals surface area (Å²) in [6.07, 6.45) is 0. The van der Waals surface area contributed by atoms with E-state index in [0.717, 1.165) is 0 Å². The Bertz CT molecular complexity index is 720. The summed E-state index contributed by atoms with van der Waals surface area (Å²) in [6.45, 7) is 0.680. The van der Waals surface area contributed by atoms with Crippen molar-refractivity contribution < 1.29 is 4.92 Å². The predicted molar refractivity (Wildman–Crippen MR) is 74.4 cm³/mol. The molecule has 96 valence electrons. The Balaban J connectivity index is 1.83. The molecular formula is C12H10N4O2S. The maximum Gasteiger partial charge on any atom is 0.271 e. The molecule has 0 saturated carbocycles. The topological polar surface area (TPSA) is 83.8 Å². The normalized spacial score (nSPS) is 10.7. The first-order valence-electron chi connectivity index (χ1n) is 5.63. The van der Waals surface area contributed by atoms with Crippen molar-refractivity contribution in [2.24, 2.45) is 0 Å². The van der Waals surface area contributed by atoms with Crippen LogP contribution in [0, 0.1) is 10.1 Å². The first kappa shape index (κ1) is 11.7. The van der Waals surface area contributed by atoms with Crippen LogP contribution in [0.1, 0.15) is 4.88 Å². The number of nitro groups is 1. The van der Waals surface area contributed by atoms with Gasteiger partial charge >= 0.3 is 0 Å². The number of nitrogens with zero attached hydrogens (tertiary/aromatic N) is 2. The Hall–Kier alpha value is -2.41. The average molecular weight is 274 g/mol. The number of H-pyrrole nitrogens is 1. The van der Waals surface area contributed by atoms with E-state index in [2.05, 4.69) is 15.3 Å². The lowest BCUT2D eigenvalue weighted by molar-refractivity contribution is -0.384. The highest BCUT2D eigenvalue weighted by Crippen LogP contribution is 2.21. The second kappa shape index (κ2) is 4.69. The maximum absolute atomic E-state index is 10.7. The van der Waals surface area contributed by atoms with Gasteiger partial charge < -0.3 is 10.3 Å². The number of hydrogen-bond acceptors (Lipinski definition) is 5. The van der Waals surface area contributed by atoms with Crippen molar-refractivity contribution in [1.29, 1.82) is 0 Å². The lowest BCUT2D eigenvalue weighted by Gasteiger charge is -1.98. The summed E-state index contributed by atoms with van der Waals surface area (Å²) in [5, 5.41) is 15.9. The minimum atomic E-state index is -0.418. The monoisotopic (exact) mass is 274 g/mol. The van der Waals surface area contributed by atoms with Gasteiger partial charge in [0.1, 0.15) is 0 Å². The molecule has 3 aromatic rings. The zero-order valence-electron chi connectivity index (χ0n) is 9.79. The third kappa shape index (κ3) is 2.41. The molecule has 19 heavy (non-hydrogen) atoms. The van der Waals surface area contributed by atoms with E-state index in [1.807, 2.05) is 17.5 Å². The number of fused-ring (bicyclic) bond motifs is 1.